The van der Waals surface area contributed by atoms with Crippen molar-refractivity contribution in [3.05, 3.63) is 66.2 Å². The second kappa shape index (κ2) is 6.01. The van der Waals surface area contributed by atoms with Crippen LogP contribution in [0.15, 0.2) is 55.1 Å². The van der Waals surface area contributed by atoms with Gasteiger partial charge in [0.2, 0.25) is 0 Å². The van der Waals surface area contributed by atoms with Gasteiger partial charge in [0.15, 0.2) is 0 Å². The Morgan fingerprint density at radius 2 is 0.864 bits per heavy atom. The van der Waals surface area contributed by atoms with Gasteiger partial charge >= 0.3 is 0 Å². The highest BCUT2D eigenvalue weighted by atomic mass is 28.3. The number of hydrogen-bond donors (Lipinski definition) is 0. The maximum Gasteiger partial charge on any atom is 0.0775 e. The monoisotopic (exact) mass is 324 g/mol. The molecule has 0 fully saturated rings. The highest BCUT2D eigenvalue weighted by molar-refractivity contribution is 6.89. The molecule has 0 atom stereocenters. The molecule has 0 spiro atoms. The van der Waals surface area contributed by atoms with E-state index in [1.165, 1.54) is 21.5 Å². The van der Waals surface area contributed by atoms with Gasteiger partial charge in [0.05, 0.1) is 16.1 Å². The summed E-state index contributed by atoms with van der Waals surface area (Å²) in [6.45, 7) is 18.6. The molecule has 0 heterocycles. The first kappa shape index (κ1) is 17.0. The van der Waals surface area contributed by atoms with Crippen LogP contribution in [0.25, 0.3) is 5.57 Å². The SMILES string of the molecule is C=C(c1ccc([Si](C)(C)C)cc1)c1ccc([Si](C)(C)C)cc1. The smallest absolute Gasteiger partial charge is 0.0775 e. The number of hydrogen-bond acceptors (Lipinski definition) is 0. The molecular weight excluding hydrogens is 296 g/mol. The van der Waals surface area contributed by atoms with Crippen molar-refractivity contribution in [3.63, 3.8) is 0 Å². The zero-order valence-electron chi connectivity index (χ0n) is 14.8. The average Bonchev–Trinajstić information content (AvgIpc) is 2.45. The summed E-state index contributed by atoms with van der Waals surface area (Å²) in [4.78, 5) is 0. The molecule has 2 heteroatoms. The zero-order chi connectivity index (χ0) is 16.5. The molecule has 0 aliphatic heterocycles. The Hall–Kier alpha value is -1.39. The summed E-state index contributed by atoms with van der Waals surface area (Å²) in [5, 5.41) is 3.00. The predicted octanol–water partition coefficient (Wildman–Crippen LogP) is 4.84. The van der Waals surface area contributed by atoms with E-state index in [-0.39, 0.29) is 0 Å². The molecule has 116 valence electrons. The van der Waals surface area contributed by atoms with Gasteiger partial charge in [0, 0.05) is 0 Å². The molecule has 0 saturated carbocycles. The molecule has 0 aliphatic rings. The quantitative estimate of drug-likeness (QED) is 0.706. The largest absolute Gasteiger partial charge is 0.0906 e. The fourth-order valence-corrected chi connectivity index (χ4v) is 4.84. The van der Waals surface area contributed by atoms with Gasteiger partial charge in [-0.25, -0.2) is 0 Å². The standard InChI is InChI=1S/C20H28Si2/c1-16(17-8-12-19(13-9-17)21(2,3)4)18-10-14-20(15-11-18)22(5,6)7/h8-15H,1H2,2-7H3. The Bertz CT molecular complexity index is 591. The van der Waals surface area contributed by atoms with Gasteiger partial charge in [-0.3, -0.25) is 0 Å². The second-order valence-electron chi connectivity index (χ2n) is 8.13. The van der Waals surface area contributed by atoms with Crippen molar-refractivity contribution in [2.45, 2.75) is 39.3 Å². The molecular formula is C20H28Si2. The zero-order valence-corrected chi connectivity index (χ0v) is 16.8. The van der Waals surface area contributed by atoms with Crippen molar-refractivity contribution in [3.8, 4) is 0 Å². The summed E-state index contributed by atoms with van der Waals surface area (Å²) >= 11 is 0. The van der Waals surface area contributed by atoms with E-state index < -0.39 is 16.1 Å². The molecule has 2 aromatic carbocycles. The van der Waals surface area contributed by atoms with Crippen LogP contribution in [0.3, 0.4) is 0 Å². The van der Waals surface area contributed by atoms with Crippen LogP contribution < -0.4 is 10.4 Å². The topological polar surface area (TPSA) is 0 Å². The first-order valence-corrected chi connectivity index (χ1v) is 15.0. The van der Waals surface area contributed by atoms with E-state index in [1.807, 2.05) is 0 Å². The summed E-state index contributed by atoms with van der Waals surface area (Å²) in [5.41, 5.74) is 3.56. The van der Waals surface area contributed by atoms with Crippen LogP contribution in [0.1, 0.15) is 11.1 Å². The summed E-state index contributed by atoms with van der Waals surface area (Å²) in [7, 11) is -2.45. The maximum absolute atomic E-state index is 4.30. The minimum absolute atomic E-state index is 1.12. The average molecular weight is 325 g/mol. The van der Waals surface area contributed by atoms with Gasteiger partial charge < -0.3 is 0 Å². The molecule has 0 aromatic heterocycles. The van der Waals surface area contributed by atoms with E-state index in [2.05, 4.69) is 94.4 Å². The van der Waals surface area contributed by atoms with Crippen molar-refractivity contribution >= 4 is 32.1 Å². The summed E-state index contributed by atoms with van der Waals surface area (Å²) < 4.78 is 0. The van der Waals surface area contributed by atoms with E-state index in [0.717, 1.165) is 5.57 Å². The molecule has 22 heavy (non-hydrogen) atoms. The molecule has 0 saturated heterocycles. The van der Waals surface area contributed by atoms with Crippen LogP contribution in [0.5, 0.6) is 0 Å². The number of benzene rings is 2. The van der Waals surface area contributed by atoms with Gasteiger partial charge in [0.1, 0.15) is 0 Å². The molecule has 0 radical (unpaired) electrons. The molecule has 2 rings (SSSR count). The normalized spacial score (nSPS) is 12.3. The Morgan fingerprint density at radius 3 is 1.09 bits per heavy atom. The maximum atomic E-state index is 4.30. The lowest BCUT2D eigenvalue weighted by Crippen LogP contribution is -2.37. The molecule has 0 aliphatic carbocycles. The lowest BCUT2D eigenvalue weighted by atomic mass is 10.00. The predicted molar refractivity (Wildman–Crippen MR) is 107 cm³/mol. The second-order valence-corrected chi connectivity index (χ2v) is 18.3. The van der Waals surface area contributed by atoms with Gasteiger partial charge in [-0.05, 0) is 16.7 Å². The van der Waals surface area contributed by atoms with Crippen LogP contribution in [0, 0.1) is 0 Å². The highest BCUT2D eigenvalue weighted by Crippen LogP contribution is 2.21. The van der Waals surface area contributed by atoms with Crippen molar-refractivity contribution in [1.82, 2.24) is 0 Å². The molecule has 0 bridgehead atoms. The lowest BCUT2D eigenvalue weighted by molar-refractivity contribution is 1.56. The van der Waals surface area contributed by atoms with Crippen molar-refractivity contribution in [2.75, 3.05) is 0 Å². The van der Waals surface area contributed by atoms with Crippen LogP contribution in [-0.4, -0.2) is 16.1 Å². The van der Waals surface area contributed by atoms with Crippen molar-refractivity contribution in [1.29, 1.82) is 0 Å². The fraction of sp³-hybridized carbons (Fsp3) is 0.300. The fourth-order valence-electron chi connectivity index (χ4n) is 2.51. The lowest BCUT2D eigenvalue weighted by Gasteiger charge is -2.18. The third-order valence-electron chi connectivity index (χ3n) is 4.20. The van der Waals surface area contributed by atoms with E-state index in [4.69, 9.17) is 0 Å². The molecule has 2 aromatic rings. The summed E-state index contributed by atoms with van der Waals surface area (Å²) in [6, 6.07) is 18.0. The first-order valence-electron chi connectivity index (χ1n) is 8.00. The van der Waals surface area contributed by atoms with E-state index in [9.17, 15) is 0 Å². The van der Waals surface area contributed by atoms with Crippen molar-refractivity contribution in [2.24, 2.45) is 0 Å². The van der Waals surface area contributed by atoms with Crippen molar-refractivity contribution < 1.29 is 0 Å². The molecule has 0 amide bonds. The molecule has 0 N–H and O–H groups in total. The minimum atomic E-state index is -1.22. The number of rotatable bonds is 4. The van der Waals surface area contributed by atoms with E-state index in [1.54, 1.807) is 0 Å². The first-order chi connectivity index (χ1) is 10.1. The van der Waals surface area contributed by atoms with Crippen LogP contribution in [-0.2, 0) is 0 Å². The van der Waals surface area contributed by atoms with Gasteiger partial charge in [-0.2, -0.15) is 0 Å². The van der Waals surface area contributed by atoms with E-state index in [0.29, 0.717) is 0 Å². The van der Waals surface area contributed by atoms with Gasteiger partial charge in [0.25, 0.3) is 0 Å². The summed E-state index contributed by atoms with van der Waals surface area (Å²) in [6.07, 6.45) is 0. The Balaban J connectivity index is 2.25. The molecule has 0 unspecified atom stereocenters. The Morgan fingerprint density at radius 1 is 0.591 bits per heavy atom. The molecule has 0 nitrogen and oxygen atoms in total. The van der Waals surface area contributed by atoms with E-state index >= 15 is 0 Å². The van der Waals surface area contributed by atoms with Gasteiger partial charge in [-0.15, -0.1) is 0 Å². The summed E-state index contributed by atoms with van der Waals surface area (Å²) in [5.74, 6) is 0. The minimum Gasteiger partial charge on any atom is -0.0906 e. The highest BCUT2D eigenvalue weighted by Gasteiger charge is 2.17. The third kappa shape index (κ3) is 3.87. The van der Waals surface area contributed by atoms with Crippen LogP contribution in [0.4, 0.5) is 0 Å². The third-order valence-corrected chi connectivity index (χ3v) is 8.33. The van der Waals surface area contributed by atoms with Crippen LogP contribution >= 0.6 is 0 Å². The Labute approximate surface area is 137 Å². The van der Waals surface area contributed by atoms with Crippen LogP contribution in [0.2, 0.25) is 39.3 Å². The Kier molecular flexibility index (Phi) is 4.64. The van der Waals surface area contributed by atoms with Gasteiger partial charge in [-0.1, -0.05) is 105 Å².